The average molecular weight is 592 g/mol. The van der Waals surface area contributed by atoms with Gasteiger partial charge < -0.3 is 4.42 Å². The van der Waals surface area contributed by atoms with Gasteiger partial charge in [-0.2, -0.15) is 0 Å². The maximum absolute atomic E-state index is 6.70. The molecule has 0 saturated carbocycles. The molecule has 0 unspecified atom stereocenters. The molecule has 46 heavy (non-hydrogen) atoms. The highest BCUT2D eigenvalue weighted by Crippen LogP contribution is 2.51. The standard InChI is InChI=1S/C42H29N3O/c1-42(2)35-22-10-9-19-31(35)33-25-37-34(24-36(33)42)32-21-12-20-30(38(32)46-37)28-17-11-18-29(23-28)41-44-39(26-13-5-3-6-14-26)43-40(45-41)27-15-7-4-8-16-27/h3-25H,1-2H3. The molecule has 0 amide bonds. The van der Waals surface area contributed by atoms with E-state index in [4.69, 9.17) is 19.4 Å². The summed E-state index contributed by atoms with van der Waals surface area (Å²) in [7, 11) is 0. The highest BCUT2D eigenvalue weighted by molar-refractivity contribution is 6.11. The Balaban J connectivity index is 1.19. The van der Waals surface area contributed by atoms with Crippen molar-refractivity contribution in [1.82, 2.24) is 15.0 Å². The van der Waals surface area contributed by atoms with Crippen LogP contribution in [0.2, 0.25) is 0 Å². The maximum atomic E-state index is 6.70. The Morgan fingerprint density at radius 2 is 1.00 bits per heavy atom. The molecule has 0 bridgehead atoms. The highest BCUT2D eigenvalue weighted by atomic mass is 16.3. The van der Waals surface area contributed by atoms with Crippen LogP contribution in [0.3, 0.4) is 0 Å². The van der Waals surface area contributed by atoms with Crippen molar-refractivity contribution in [3.63, 3.8) is 0 Å². The van der Waals surface area contributed by atoms with E-state index < -0.39 is 0 Å². The Labute approximate surface area is 267 Å². The Morgan fingerprint density at radius 1 is 0.435 bits per heavy atom. The Morgan fingerprint density at radius 3 is 1.72 bits per heavy atom. The summed E-state index contributed by atoms with van der Waals surface area (Å²) in [4.78, 5) is 14.8. The third kappa shape index (κ3) is 4.11. The summed E-state index contributed by atoms with van der Waals surface area (Å²) in [5.41, 5.74) is 11.9. The summed E-state index contributed by atoms with van der Waals surface area (Å²) >= 11 is 0. The molecule has 0 fully saturated rings. The quantitative estimate of drug-likeness (QED) is 0.204. The minimum Gasteiger partial charge on any atom is -0.455 e. The fourth-order valence-electron chi connectivity index (χ4n) is 6.98. The lowest BCUT2D eigenvalue weighted by molar-refractivity contribution is 0.658. The fourth-order valence-corrected chi connectivity index (χ4v) is 6.98. The van der Waals surface area contributed by atoms with Crippen LogP contribution in [0.5, 0.6) is 0 Å². The Bertz CT molecular complexity index is 2380. The Kier molecular flexibility index (Phi) is 5.81. The van der Waals surface area contributed by atoms with E-state index in [2.05, 4.69) is 92.7 Å². The lowest BCUT2D eigenvalue weighted by Crippen LogP contribution is -2.14. The van der Waals surface area contributed by atoms with E-state index in [1.807, 2.05) is 60.7 Å². The van der Waals surface area contributed by atoms with Gasteiger partial charge in [0.15, 0.2) is 17.5 Å². The van der Waals surface area contributed by atoms with Crippen LogP contribution in [0, 0.1) is 0 Å². The van der Waals surface area contributed by atoms with Crippen molar-refractivity contribution in [3.05, 3.63) is 151 Å². The molecule has 0 radical (unpaired) electrons. The van der Waals surface area contributed by atoms with E-state index in [-0.39, 0.29) is 5.41 Å². The van der Waals surface area contributed by atoms with Crippen LogP contribution in [0.4, 0.5) is 0 Å². The first-order valence-electron chi connectivity index (χ1n) is 15.6. The van der Waals surface area contributed by atoms with Crippen LogP contribution < -0.4 is 0 Å². The highest BCUT2D eigenvalue weighted by Gasteiger charge is 2.36. The minimum atomic E-state index is -0.0720. The summed E-state index contributed by atoms with van der Waals surface area (Å²) in [6.45, 7) is 4.63. The number of para-hydroxylation sites is 1. The number of nitrogens with zero attached hydrogens (tertiary/aromatic N) is 3. The summed E-state index contributed by atoms with van der Waals surface area (Å²) < 4.78 is 6.70. The molecule has 218 valence electrons. The molecular weight excluding hydrogens is 562 g/mol. The van der Waals surface area contributed by atoms with Crippen molar-refractivity contribution < 1.29 is 4.42 Å². The topological polar surface area (TPSA) is 51.8 Å². The van der Waals surface area contributed by atoms with Gasteiger partial charge in [0.25, 0.3) is 0 Å². The van der Waals surface area contributed by atoms with Gasteiger partial charge in [-0.05, 0) is 46.0 Å². The normalized spacial score (nSPS) is 13.2. The number of furan rings is 1. The van der Waals surface area contributed by atoms with Gasteiger partial charge in [-0.3, -0.25) is 0 Å². The van der Waals surface area contributed by atoms with Crippen molar-refractivity contribution in [3.8, 4) is 56.4 Å². The minimum absolute atomic E-state index is 0.0720. The Hall–Kier alpha value is -5.87. The zero-order chi connectivity index (χ0) is 30.8. The number of hydrogen-bond donors (Lipinski definition) is 0. The van der Waals surface area contributed by atoms with Gasteiger partial charge in [0, 0.05) is 38.4 Å². The lowest BCUT2D eigenvalue weighted by atomic mass is 9.82. The van der Waals surface area contributed by atoms with E-state index in [1.165, 1.54) is 22.3 Å². The molecule has 0 spiro atoms. The van der Waals surface area contributed by atoms with E-state index in [0.717, 1.165) is 49.8 Å². The molecule has 9 rings (SSSR count). The summed E-state index contributed by atoms with van der Waals surface area (Å²) in [5.74, 6) is 1.92. The van der Waals surface area contributed by atoms with Crippen molar-refractivity contribution in [2.24, 2.45) is 0 Å². The van der Waals surface area contributed by atoms with Crippen LogP contribution in [0.1, 0.15) is 25.0 Å². The number of hydrogen-bond acceptors (Lipinski definition) is 4. The molecule has 6 aromatic carbocycles. The second-order valence-corrected chi connectivity index (χ2v) is 12.5. The zero-order valence-electron chi connectivity index (χ0n) is 25.5. The number of fused-ring (bicyclic) bond motifs is 6. The third-order valence-corrected chi connectivity index (χ3v) is 9.33. The SMILES string of the molecule is CC1(C)c2ccccc2-c2cc3oc4c(-c5cccc(-c6nc(-c7ccccc7)nc(-c7ccccc7)n6)c5)cccc4c3cc21. The lowest BCUT2D eigenvalue weighted by Gasteiger charge is -2.21. The largest absolute Gasteiger partial charge is 0.455 e. The molecule has 4 nitrogen and oxygen atoms in total. The maximum Gasteiger partial charge on any atom is 0.164 e. The third-order valence-electron chi connectivity index (χ3n) is 9.33. The van der Waals surface area contributed by atoms with E-state index in [9.17, 15) is 0 Å². The molecule has 0 saturated heterocycles. The van der Waals surface area contributed by atoms with Crippen LogP contribution in [-0.4, -0.2) is 15.0 Å². The molecular formula is C42H29N3O. The summed E-state index contributed by atoms with van der Waals surface area (Å²) in [6, 6.07) is 48.3. The van der Waals surface area contributed by atoms with Gasteiger partial charge >= 0.3 is 0 Å². The predicted molar refractivity (Wildman–Crippen MR) is 186 cm³/mol. The predicted octanol–water partition coefficient (Wildman–Crippen LogP) is 10.7. The van der Waals surface area contributed by atoms with Crippen LogP contribution in [0.15, 0.2) is 144 Å². The molecule has 0 N–H and O–H groups in total. The summed E-state index contributed by atoms with van der Waals surface area (Å²) in [6.07, 6.45) is 0. The average Bonchev–Trinajstić information content (AvgIpc) is 3.59. The second-order valence-electron chi connectivity index (χ2n) is 12.5. The van der Waals surface area contributed by atoms with Gasteiger partial charge in [0.1, 0.15) is 11.2 Å². The molecule has 0 aliphatic heterocycles. The molecule has 1 aliphatic carbocycles. The van der Waals surface area contributed by atoms with Crippen LogP contribution >= 0.6 is 0 Å². The van der Waals surface area contributed by atoms with Gasteiger partial charge in [0.2, 0.25) is 0 Å². The molecule has 1 aliphatic rings. The first kappa shape index (κ1) is 26.5. The van der Waals surface area contributed by atoms with Crippen molar-refractivity contribution in [2.75, 3.05) is 0 Å². The zero-order valence-corrected chi connectivity index (χ0v) is 25.5. The molecule has 8 aromatic rings. The molecule has 0 atom stereocenters. The number of rotatable bonds is 4. The monoisotopic (exact) mass is 591 g/mol. The molecule has 2 aromatic heterocycles. The molecule has 4 heteroatoms. The van der Waals surface area contributed by atoms with E-state index >= 15 is 0 Å². The number of aromatic nitrogens is 3. The van der Waals surface area contributed by atoms with Crippen molar-refractivity contribution in [1.29, 1.82) is 0 Å². The first-order valence-corrected chi connectivity index (χ1v) is 15.6. The summed E-state index contributed by atoms with van der Waals surface area (Å²) in [5, 5.41) is 2.26. The van der Waals surface area contributed by atoms with E-state index in [0.29, 0.717) is 17.5 Å². The van der Waals surface area contributed by atoms with Gasteiger partial charge in [-0.15, -0.1) is 0 Å². The van der Waals surface area contributed by atoms with Gasteiger partial charge in [-0.1, -0.05) is 135 Å². The first-order chi connectivity index (χ1) is 22.5. The number of benzene rings is 6. The van der Waals surface area contributed by atoms with Crippen LogP contribution in [0.25, 0.3) is 78.4 Å². The van der Waals surface area contributed by atoms with Gasteiger partial charge in [-0.25, -0.2) is 15.0 Å². The van der Waals surface area contributed by atoms with Crippen molar-refractivity contribution in [2.45, 2.75) is 19.3 Å². The fraction of sp³-hybridized carbons (Fsp3) is 0.0714. The second kappa shape index (κ2) is 10.1. The molecule has 2 heterocycles. The van der Waals surface area contributed by atoms with Crippen LogP contribution in [-0.2, 0) is 5.41 Å². The van der Waals surface area contributed by atoms with Gasteiger partial charge in [0.05, 0.1) is 0 Å². The van der Waals surface area contributed by atoms with E-state index in [1.54, 1.807) is 0 Å². The van der Waals surface area contributed by atoms with Crippen molar-refractivity contribution >= 4 is 21.9 Å². The smallest absolute Gasteiger partial charge is 0.164 e.